The van der Waals surface area contributed by atoms with Crippen LogP contribution in [-0.2, 0) is 6.54 Å². The van der Waals surface area contributed by atoms with Crippen LogP contribution in [0.1, 0.15) is 5.56 Å². The lowest BCUT2D eigenvalue weighted by molar-refractivity contribution is 1.06. The molecule has 2 N–H and O–H groups in total. The maximum Gasteiger partial charge on any atom is 0.224 e. The highest BCUT2D eigenvalue weighted by atomic mass is 35.5. The summed E-state index contributed by atoms with van der Waals surface area (Å²) in [4.78, 5) is 8.63. The van der Waals surface area contributed by atoms with E-state index in [1.54, 1.807) is 30.5 Å². The van der Waals surface area contributed by atoms with Gasteiger partial charge in [0.2, 0.25) is 5.95 Å². The predicted octanol–water partition coefficient (Wildman–Crippen LogP) is 5.14. The lowest BCUT2D eigenvalue weighted by atomic mass is 10.2. The largest absolute Gasteiger partial charge is 0.350 e. The van der Waals surface area contributed by atoms with E-state index in [0.717, 1.165) is 5.56 Å². The van der Waals surface area contributed by atoms with Crippen molar-refractivity contribution >= 4 is 40.7 Å². The van der Waals surface area contributed by atoms with Gasteiger partial charge in [0.25, 0.3) is 0 Å². The monoisotopic (exact) mass is 344 g/mol. The van der Waals surface area contributed by atoms with Crippen LogP contribution in [0.25, 0.3) is 0 Å². The molecule has 0 radical (unpaired) electrons. The second-order valence-corrected chi connectivity index (χ2v) is 5.70. The van der Waals surface area contributed by atoms with Gasteiger partial charge in [-0.2, -0.15) is 4.98 Å². The van der Waals surface area contributed by atoms with Crippen LogP contribution in [0.3, 0.4) is 0 Å². The van der Waals surface area contributed by atoms with E-state index < -0.39 is 0 Å². The zero-order chi connectivity index (χ0) is 16.1. The molecule has 0 saturated heterocycles. The van der Waals surface area contributed by atoms with Crippen LogP contribution in [0.15, 0.2) is 60.8 Å². The fraction of sp³-hybridized carbons (Fsp3) is 0.0588. The fourth-order valence-electron chi connectivity index (χ4n) is 2.02. The summed E-state index contributed by atoms with van der Waals surface area (Å²) >= 11 is 12.1. The maximum atomic E-state index is 6.15. The lowest BCUT2D eigenvalue weighted by Gasteiger charge is -2.10. The average Bonchev–Trinajstić information content (AvgIpc) is 2.58. The molecule has 0 unspecified atom stereocenters. The zero-order valence-electron chi connectivity index (χ0n) is 12.1. The van der Waals surface area contributed by atoms with Crippen molar-refractivity contribution in [2.45, 2.75) is 6.54 Å². The molecule has 1 aromatic heterocycles. The Morgan fingerprint density at radius 3 is 2.61 bits per heavy atom. The molecule has 0 aliphatic carbocycles. The van der Waals surface area contributed by atoms with Gasteiger partial charge >= 0.3 is 0 Å². The Hall–Kier alpha value is -2.30. The number of anilines is 3. The Morgan fingerprint density at radius 1 is 0.957 bits per heavy atom. The van der Waals surface area contributed by atoms with Crippen molar-refractivity contribution in [3.8, 4) is 0 Å². The Labute approximate surface area is 144 Å². The van der Waals surface area contributed by atoms with Crippen LogP contribution in [0.2, 0.25) is 10.0 Å². The highest BCUT2D eigenvalue weighted by Crippen LogP contribution is 2.27. The van der Waals surface area contributed by atoms with E-state index >= 15 is 0 Å². The summed E-state index contributed by atoms with van der Waals surface area (Å²) in [6, 6.07) is 17.1. The molecule has 116 valence electrons. The van der Waals surface area contributed by atoms with Gasteiger partial charge in [0, 0.05) is 17.8 Å². The van der Waals surface area contributed by atoms with Crippen LogP contribution in [0, 0.1) is 0 Å². The Balaban J connectivity index is 1.71. The van der Waals surface area contributed by atoms with Crippen molar-refractivity contribution in [3.63, 3.8) is 0 Å². The van der Waals surface area contributed by atoms with E-state index in [4.69, 9.17) is 23.2 Å². The Kier molecular flexibility index (Phi) is 4.95. The van der Waals surface area contributed by atoms with Crippen molar-refractivity contribution in [1.29, 1.82) is 0 Å². The molecule has 4 nitrogen and oxygen atoms in total. The molecule has 23 heavy (non-hydrogen) atoms. The average molecular weight is 345 g/mol. The minimum atomic E-state index is 0.539. The quantitative estimate of drug-likeness (QED) is 0.672. The Morgan fingerprint density at radius 2 is 1.78 bits per heavy atom. The van der Waals surface area contributed by atoms with E-state index in [9.17, 15) is 0 Å². The third-order valence-electron chi connectivity index (χ3n) is 3.14. The highest BCUT2D eigenvalue weighted by molar-refractivity contribution is 6.35. The van der Waals surface area contributed by atoms with E-state index in [-0.39, 0.29) is 0 Å². The van der Waals surface area contributed by atoms with Crippen molar-refractivity contribution in [1.82, 2.24) is 9.97 Å². The first kappa shape index (κ1) is 15.6. The topological polar surface area (TPSA) is 49.8 Å². The van der Waals surface area contributed by atoms with Gasteiger partial charge < -0.3 is 10.6 Å². The second-order valence-electron chi connectivity index (χ2n) is 4.85. The summed E-state index contributed by atoms with van der Waals surface area (Å²) in [5, 5.41) is 7.52. The molecule has 2 aromatic carbocycles. The molecular formula is C17H14Cl2N4. The van der Waals surface area contributed by atoms with Crippen LogP contribution < -0.4 is 10.6 Å². The number of nitrogens with zero attached hydrogens (tertiary/aromatic N) is 2. The molecule has 0 amide bonds. The number of aromatic nitrogens is 2. The summed E-state index contributed by atoms with van der Waals surface area (Å²) in [5.74, 6) is 1.18. The standard InChI is InChI=1S/C17H14Cl2N4/c18-13-6-7-14(19)15(10-13)22-16-8-9-20-17(23-16)21-11-12-4-2-1-3-5-12/h1-10H,11H2,(H2,20,21,22,23). The van der Waals surface area contributed by atoms with Gasteiger partial charge in [-0.1, -0.05) is 53.5 Å². The lowest BCUT2D eigenvalue weighted by Crippen LogP contribution is -2.05. The first-order valence-corrected chi connectivity index (χ1v) is 7.79. The molecule has 6 heteroatoms. The number of hydrogen-bond donors (Lipinski definition) is 2. The van der Waals surface area contributed by atoms with Crippen LogP contribution in [0.5, 0.6) is 0 Å². The maximum absolute atomic E-state index is 6.15. The first-order valence-electron chi connectivity index (χ1n) is 7.03. The van der Waals surface area contributed by atoms with E-state index in [1.807, 2.05) is 30.3 Å². The molecule has 1 heterocycles. The third-order valence-corrected chi connectivity index (χ3v) is 3.70. The van der Waals surface area contributed by atoms with Crippen LogP contribution in [0.4, 0.5) is 17.5 Å². The summed E-state index contributed by atoms with van der Waals surface area (Å²) in [5.41, 5.74) is 1.86. The van der Waals surface area contributed by atoms with Gasteiger partial charge in [-0.25, -0.2) is 4.98 Å². The molecule has 0 aliphatic heterocycles. The minimum Gasteiger partial charge on any atom is -0.350 e. The van der Waals surface area contributed by atoms with E-state index in [2.05, 4.69) is 20.6 Å². The SMILES string of the molecule is Clc1ccc(Cl)c(Nc2ccnc(NCc3ccccc3)n2)c1. The van der Waals surface area contributed by atoms with Gasteiger partial charge in [0.15, 0.2) is 0 Å². The normalized spacial score (nSPS) is 10.3. The summed E-state index contributed by atoms with van der Waals surface area (Å²) < 4.78 is 0. The molecule has 0 saturated carbocycles. The van der Waals surface area contributed by atoms with E-state index in [1.165, 1.54) is 0 Å². The van der Waals surface area contributed by atoms with Gasteiger partial charge in [0.1, 0.15) is 5.82 Å². The molecule has 0 atom stereocenters. The molecular weight excluding hydrogens is 331 g/mol. The molecule has 0 bridgehead atoms. The first-order chi connectivity index (χ1) is 11.2. The summed E-state index contributed by atoms with van der Waals surface area (Å²) in [6.45, 7) is 0.655. The van der Waals surface area contributed by atoms with Crippen LogP contribution >= 0.6 is 23.2 Å². The van der Waals surface area contributed by atoms with Gasteiger partial charge in [-0.05, 0) is 29.8 Å². The summed E-state index contributed by atoms with van der Waals surface area (Å²) in [7, 11) is 0. The number of halogens is 2. The van der Waals surface area contributed by atoms with Crippen molar-refractivity contribution in [2.24, 2.45) is 0 Å². The fourth-order valence-corrected chi connectivity index (χ4v) is 2.36. The third kappa shape index (κ3) is 4.34. The molecule has 3 rings (SSSR count). The van der Waals surface area contributed by atoms with Gasteiger partial charge in [-0.15, -0.1) is 0 Å². The molecule has 0 spiro atoms. The smallest absolute Gasteiger partial charge is 0.224 e. The van der Waals surface area contributed by atoms with E-state index in [0.29, 0.717) is 34.0 Å². The minimum absolute atomic E-state index is 0.539. The van der Waals surface area contributed by atoms with Crippen molar-refractivity contribution in [3.05, 3.63) is 76.4 Å². The Bertz CT molecular complexity index is 794. The van der Waals surface area contributed by atoms with Gasteiger partial charge in [-0.3, -0.25) is 0 Å². The zero-order valence-corrected chi connectivity index (χ0v) is 13.6. The molecule has 0 fully saturated rings. The number of nitrogens with one attached hydrogen (secondary N) is 2. The predicted molar refractivity (Wildman–Crippen MR) is 95.5 cm³/mol. The second kappa shape index (κ2) is 7.31. The highest BCUT2D eigenvalue weighted by Gasteiger charge is 2.04. The summed E-state index contributed by atoms with van der Waals surface area (Å²) in [6.07, 6.45) is 1.68. The van der Waals surface area contributed by atoms with Crippen molar-refractivity contribution in [2.75, 3.05) is 10.6 Å². The van der Waals surface area contributed by atoms with Gasteiger partial charge in [0.05, 0.1) is 10.7 Å². The number of rotatable bonds is 5. The van der Waals surface area contributed by atoms with Crippen LogP contribution in [-0.4, -0.2) is 9.97 Å². The number of benzene rings is 2. The van der Waals surface area contributed by atoms with Crippen molar-refractivity contribution < 1.29 is 0 Å². The molecule has 3 aromatic rings. The molecule has 0 aliphatic rings. The number of hydrogen-bond acceptors (Lipinski definition) is 4.